The molecule has 33 heavy (non-hydrogen) atoms. The van der Waals surface area contributed by atoms with E-state index in [4.69, 9.17) is 0 Å². The van der Waals surface area contributed by atoms with Crippen LogP contribution >= 0.6 is 0 Å². The molecule has 0 atom stereocenters. The number of rotatable bonds is 4. The highest BCUT2D eigenvalue weighted by Crippen LogP contribution is 2.27. The van der Waals surface area contributed by atoms with E-state index in [0.717, 1.165) is 33.2 Å². The van der Waals surface area contributed by atoms with Gasteiger partial charge < -0.3 is 10.2 Å². The molecule has 6 rings (SSSR count). The molecule has 2 aromatic heterocycles. The van der Waals surface area contributed by atoms with E-state index in [-0.39, 0.29) is 11.5 Å². The average molecular weight is 434 g/mol. The highest BCUT2D eigenvalue weighted by atomic mass is 16.3. The third-order valence-electron chi connectivity index (χ3n) is 5.49. The summed E-state index contributed by atoms with van der Waals surface area (Å²) in [6.45, 7) is 0. The number of phenols is 2. The Balaban J connectivity index is 1.35. The summed E-state index contributed by atoms with van der Waals surface area (Å²) in [5, 5.41) is 38.7. The van der Waals surface area contributed by atoms with Crippen LogP contribution in [-0.4, -0.2) is 40.2 Å². The highest BCUT2D eigenvalue weighted by Gasteiger charge is 2.13. The Morgan fingerprint density at radius 2 is 0.879 bits per heavy atom. The molecule has 8 nitrogen and oxygen atoms in total. The fourth-order valence-electron chi connectivity index (χ4n) is 3.85. The zero-order chi connectivity index (χ0) is 22.4. The number of phenolic OH excluding ortho intramolecular Hbond substituents is 2. The van der Waals surface area contributed by atoms with Crippen LogP contribution in [0.1, 0.15) is 11.1 Å². The van der Waals surface area contributed by atoms with Gasteiger partial charge in [0.2, 0.25) is 0 Å². The van der Waals surface area contributed by atoms with Crippen molar-refractivity contribution < 1.29 is 10.2 Å². The minimum absolute atomic E-state index is 0.0953. The Labute approximate surface area is 188 Å². The first-order valence-corrected chi connectivity index (χ1v) is 10.4. The number of hydrogen-bond acceptors (Lipinski definition) is 6. The van der Waals surface area contributed by atoms with Crippen molar-refractivity contribution in [2.75, 3.05) is 0 Å². The maximum absolute atomic E-state index is 10.4. The standard InChI is InChI=1S/C25H18N6O2/c32-24-11-9-16(14-22(24)30-26-18-5-1-2-6-19(18)27-30)13-17-10-12-25(33)23(15-17)31-28-20-7-3-4-8-21(20)29-31/h1-12,14-15,32-33H,13H2. The lowest BCUT2D eigenvalue weighted by molar-refractivity contribution is 0.467. The molecule has 0 unspecified atom stereocenters. The molecule has 0 aliphatic carbocycles. The van der Waals surface area contributed by atoms with Gasteiger partial charge in [-0.3, -0.25) is 0 Å². The van der Waals surface area contributed by atoms with Gasteiger partial charge >= 0.3 is 0 Å². The number of aromatic hydroxyl groups is 2. The number of hydrogen-bond donors (Lipinski definition) is 2. The van der Waals surface area contributed by atoms with Gasteiger partial charge in [0.05, 0.1) is 0 Å². The Bertz CT molecular complexity index is 1450. The van der Waals surface area contributed by atoms with Gasteiger partial charge in [-0.15, -0.1) is 30.0 Å². The zero-order valence-corrected chi connectivity index (χ0v) is 17.4. The average Bonchev–Trinajstić information content (AvgIpc) is 3.45. The minimum Gasteiger partial charge on any atom is -0.506 e. The van der Waals surface area contributed by atoms with Crippen LogP contribution in [0.25, 0.3) is 33.4 Å². The molecule has 0 saturated heterocycles. The molecule has 0 bridgehead atoms. The smallest absolute Gasteiger partial charge is 0.143 e. The van der Waals surface area contributed by atoms with E-state index in [9.17, 15) is 10.2 Å². The molecule has 0 radical (unpaired) electrons. The Kier molecular flexibility index (Phi) is 4.29. The second-order valence-electron chi connectivity index (χ2n) is 7.78. The molecule has 4 aromatic carbocycles. The molecule has 160 valence electrons. The van der Waals surface area contributed by atoms with E-state index in [2.05, 4.69) is 20.4 Å². The van der Waals surface area contributed by atoms with E-state index >= 15 is 0 Å². The summed E-state index contributed by atoms with van der Waals surface area (Å²) < 4.78 is 0. The largest absolute Gasteiger partial charge is 0.506 e. The van der Waals surface area contributed by atoms with Crippen LogP contribution < -0.4 is 0 Å². The molecule has 0 amide bonds. The van der Waals surface area contributed by atoms with Crippen LogP contribution in [0.15, 0.2) is 84.9 Å². The fourth-order valence-corrected chi connectivity index (χ4v) is 3.85. The monoisotopic (exact) mass is 434 g/mol. The van der Waals surface area contributed by atoms with Crippen molar-refractivity contribution in [2.24, 2.45) is 0 Å². The van der Waals surface area contributed by atoms with Crippen LogP contribution in [0.2, 0.25) is 0 Å². The van der Waals surface area contributed by atoms with Gasteiger partial charge in [-0.25, -0.2) is 0 Å². The maximum Gasteiger partial charge on any atom is 0.143 e. The topological polar surface area (TPSA) is 102 Å². The molecule has 8 heteroatoms. The van der Waals surface area contributed by atoms with Gasteiger partial charge in [0, 0.05) is 0 Å². The Morgan fingerprint density at radius 3 is 1.24 bits per heavy atom. The first-order chi connectivity index (χ1) is 16.1. The molecule has 0 fully saturated rings. The van der Waals surface area contributed by atoms with Crippen molar-refractivity contribution in [3.63, 3.8) is 0 Å². The Hall–Kier alpha value is -4.72. The summed E-state index contributed by atoms with van der Waals surface area (Å²) in [4.78, 5) is 2.90. The normalized spacial score (nSPS) is 11.4. The number of fused-ring (bicyclic) bond motifs is 2. The summed E-state index contributed by atoms with van der Waals surface area (Å²) in [6.07, 6.45) is 0.572. The first-order valence-electron chi connectivity index (χ1n) is 10.4. The second kappa shape index (κ2) is 7.45. The first kappa shape index (κ1) is 19.0. The Morgan fingerprint density at radius 1 is 0.515 bits per heavy atom. The van der Waals surface area contributed by atoms with Crippen LogP contribution in [0.5, 0.6) is 11.5 Å². The predicted octanol–water partition coefficient (Wildman–Crippen LogP) is 4.16. The molecule has 0 saturated carbocycles. The second-order valence-corrected chi connectivity index (χ2v) is 7.78. The van der Waals surface area contributed by atoms with E-state index in [1.54, 1.807) is 12.1 Å². The molecular weight excluding hydrogens is 416 g/mol. The van der Waals surface area contributed by atoms with Crippen LogP contribution in [0, 0.1) is 0 Å². The molecule has 0 aliphatic heterocycles. The quantitative estimate of drug-likeness (QED) is 0.432. The van der Waals surface area contributed by atoms with Crippen LogP contribution in [0.4, 0.5) is 0 Å². The lowest BCUT2D eigenvalue weighted by Gasteiger charge is -2.09. The summed E-state index contributed by atoms with van der Waals surface area (Å²) in [6, 6.07) is 25.8. The third kappa shape index (κ3) is 3.43. The highest BCUT2D eigenvalue weighted by molar-refractivity contribution is 5.74. The molecule has 2 N–H and O–H groups in total. The lowest BCUT2D eigenvalue weighted by atomic mass is 10.0. The van der Waals surface area contributed by atoms with Crippen molar-refractivity contribution in [1.29, 1.82) is 0 Å². The summed E-state index contributed by atoms with van der Waals surface area (Å²) in [5.41, 5.74) is 5.94. The van der Waals surface area contributed by atoms with E-state index in [1.165, 1.54) is 9.59 Å². The molecule has 6 aromatic rings. The van der Waals surface area contributed by atoms with E-state index in [0.29, 0.717) is 17.8 Å². The summed E-state index contributed by atoms with van der Waals surface area (Å²) >= 11 is 0. The van der Waals surface area contributed by atoms with Gasteiger partial charge in [-0.05, 0) is 66.1 Å². The van der Waals surface area contributed by atoms with Crippen molar-refractivity contribution in [3.05, 3.63) is 96.1 Å². The van der Waals surface area contributed by atoms with Crippen LogP contribution in [-0.2, 0) is 6.42 Å². The van der Waals surface area contributed by atoms with Crippen LogP contribution in [0.3, 0.4) is 0 Å². The molecule has 2 heterocycles. The summed E-state index contributed by atoms with van der Waals surface area (Å²) in [5.74, 6) is 0.191. The zero-order valence-electron chi connectivity index (χ0n) is 17.4. The number of aromatic nitrogens is 6. The number of benzene rings is 4. The molecular formula is C25H18N6O2. The number of nitrogens with zero attached hydrogens (tertiary/aromatic N) is 6. The molecule has 0 aliphatic rings. The van der Waals surface area contributed by atoms with Gasteiger partial charge in [0.25, 0.3) is 0 Å². The summed E-state index contributed by atoms with van der Waals surface area (Å²) in [7, 11) is 0. The minimum atomic E-state index is 0.0953. The van der Waals surface area contributed by atoms with Gasteiger partial charge in [0.15, 0.2) is 0 Å². The van der Waals surface area contributed by atoms with Crippen molar-refractivity contribution in [3.8, 4) is 22.9 Å². The fraction of sp³-hybridized carbons (Fsp3) is 0.0400. The van der Waals surface area contributed by atoms with Gasteiger partial charge in [0.1, 0.15) is 44.9 Å². The maximum atomic E-state index is 10.4. The van der Waals surface area contributed by atoms with E-state index < -0.39 is 0 Å². The van der Waals surface area contributed by atoms with E-state index in [1.807, 2.05) is 72.8 Å². The SMILES string of the molecule is Oc1ccc(Cc2ccc(O)c(-n3nc4ccccc4n3)c2)cc1-n1nc2ccccc2n1. The van der Waals surface area contributed by atoms with Crippen molar-refractivity contribution in [2.45, 2.75) is 6.42 Å². The third-order valence-corrected chi connectivity index (χ3v) is 5.49. The van der Waals surface area contributed by atoms with Crippen molar-refractivity contribution >= 4 is 22.1 Å². The van der Waals surface area contributed by atoms with Crippen molar-refractivity contribution in [1.82, 2.24) is 30.0 Å². The molecule has 0 spiro atoms. The lowest BCUT2D eigenvalue weighted by Crippen LogP contribution is -2.02. The van der Waals surface area contributed by atoms with Gasteiger partial charge in [-0.2, -0.15) is 0 Å². The van der Waals surface area contributed by atoms with Gasteiger partial charge in [-0.1, -0.05) is 36.4 Å². The predicted molar refractivity (Wildman–Crippen MR) is 124 cm³/mol.